The maximum Gasteiger partial charge on any atom is 0.332 e. The third-order valence-corrected chi connectivity index (χ3v) is 5.17. The van der Waals surface area contributed by atoms with Gasteiger partial charge in [-0.05, 0) is 31.4 Å². The Bertz CT molecular complexity index is 967. The summed E-state index contributed by atoms with van der Waals surface area (Å²) in [5.74, 6) is -0.328. The maximum atomic E-state index is 12.7. The fraction of sp³-hybridized carbons (Fsp3) is 0.529. The number of fused-ring (bicyclic) bond motifs is 1. The molecule has 8 heteroatoms. The van der Waals surface area contributed by atoms with Crippen LogP contribution < -0.4 is 22.3 Å². The third kappa shape index (κ3) is 2.76. The second-order valence-corrected chi connectivity index (χ2v) is 6.87. The number of nitrogens with zero attached hydrogens (tertiary/aromatic N) is 3. The highest BCUT2D eigenvalue weighted by molar-refractivity contribution is 5.95. The Balaban J connectivity index is 2.11. The predicted molar refractivity (Wildman–Crippen MR) is 94.7 cm³/mol. The Morgan fingerprint density at radius 1 is 1.28 bits per heavy atom. The highest BCUT2D eigenvalue weighted by Gasteiger charge is 2.34. The molecule has 0 aliphatic heterocycles. The number of hydrogen-bond donors (Lipinski definition) is 2. The van der Waals surface area contributed by atoms with Gasteiger partial charge in [-0.3, -0.25) is 18.7 Å². The van der Waals surface area contributed by atoms with E-state index in [1.54, 1.807) is 13.0 Å². The molecule has 0 unspecified atom stereocenters. The van der Waals surface area contributed by atoms with Crippen molar-refractivity contribution in [3.63, 3.8) is 0 Å². The summed E-state index contributed by atoms with van der Waals surface area (Å²) in [6.07, 6.45) is 3.76. The molecular weight excluding hydrogens is 322 g/mol. The van der Waals surface area contributed by atoms with Crippen molar-refractivity contribution in [2.24, 2.45) is 19.8 Å². The Kier molecular flexibility index (Phi) is 4.24. The van der Waals surface area contributed by atoms with Crippen LogP contribution in [-0.4, -0.2) is 32.1 Å². The summed E-state index contributed by atoms with van der Waals surface area (Å²) in [5.41, 5.74) is 5.61. The van der Waals surface area contributed by atoms with Gasteiger partial charge in [0.1, 0.15) is 11.3 Å². The minimum absolute atomic E-state index is 0.188. The van der Waals surface area contributed by atoms with Gasteiger partial charge in [-0.1, -0.05) is 12.8 Å². The number of aryl methyl sites for hydroxylation is 2. The van der Waals surface area contributed by atoms with E-state index in [1.165, 1.54) is 18.7 Å². The molecule has 0 saturated heterocycles. The number of carbonyl (C=O) groups is 1. The van der Waals surface area contributed by atoms with Crippen molar-refractivity contribution in [1.82, 2.24) is 19.4 Å². The number of nitrogens with two attached hydrogens (primary N) is 1. The molecule has 1 aliphatic rings. The van der Waals surface area contributed by atoms with Crippen LogP contribution in [0.5, 0.6) is 0 Å². The number of pyridine rings is 1. The van der Waals surface area contributed by atoms with E-state index in [2.05, 4.69) is 10.3 Å². The highest BCUT2D eigenvalue weighted by Crippen LogP contribution is 2.29. The second-order valence-electron chi connectivity index (χ2n) is 6.87. The van der Waals surface area contributed by atoms with Gasteiger partial charge >= 0.3 is 5.69 Å². The van der Waals surface area contributed by atoms with E-state index in [0.717, 1.165) is 30.3 Å². The molecule has 0 atom stereocenters. The lowest BCUT2D eigenvalue weighted by Crippen LogP contribution is -2.51. The Morgan fingerprint density at radius 2 is 1.92 bits per heavy atom. The Morgan fingerprint density at radius 3 is 2.52 bits per heavy atom. The molecule has 1 fully saturated rings. The molecule has 25 heavy (non-hydrogen) atoms. The zero-order chi connectivity index (χ0) is 18.4. The van der Waals surface area contributed by atoms with Gasteiger partial charge in [0.25, 0.3) is 11.5 Å². The van der Waals surface area contributed by atoms with Crippen molar-refractivity contribution >= 4 is 16.9 Å². The Hall–Kier alpha value is -2.48. The molecular formula is C17H23N5O3. The molecule has 1 aliphatic carbocycles. The molecule has 2 heterocycles. The van der Waals surface area contributed by atoms with Gasteiger partial charge in [-0.15, -0.1) is 0 Å². The van der Waals surface area contributed by atoms with E-state index >= 15 is 0 Å². The number of hydrogen-bond acceptors (Lipinski definition) is 5. The summed E-state index contributed by atoms with van der Waals surface area (Å²) < 4.78 is 2.33. The van der Waals surface area contributed by atoms with Crippen LogP contribution in [0.3, 0.4) is 0 Å². The van der Waals surface area contributed by atoms with Crippen LogP contribution in [0.15, 0.2) is 15.7 Å². The fourth-order valence-electron chi connectivity index (χ4n) is 3.59. The van der Waals surface area contributed by atoms with Gasteiger partial charge in [0, 0.05) is 20.6 Å². The van der Waals surface area contributed by atoms with Crippen LogP contribution in [0.4, 0.5) is 0 Å². The number of amides is 1. The third-order valence-electron chi connectivity index (χ3n) is 5.17. The average Bonchev–Trinajstić information content (AvgIpc) is 3.06. The van der Waals surface area contributed by atoms with Gasteiger partial charge in [0.05, 0.1) is 10.9 Å². The van der Waals surface area contributed by atoms with E-state index in [0.29, 0.717) is 17.5 Å². The average molecular weight is 345 g/mol. The molecule has 1 amide bonds. The van der Waals surface area contributed by atoms with E-state index < -0.39 is 11.2 Å². The van der Waals surface area contributed by atoms with Crippen LogP contribution in [0, 0.1) is 6.92 Å². The molecule has 1 saturated carbocycles. The molecule has 0 radical (unpaired) electrons. The SMILES string of the molecule is Cc1cc(C(=O)NC2(CN)CCCC2)nc2c1c(=O)n(C)c(=O)n2C. The molecule has 0 aromatic carbocycles. The Labute approximate surface area is 144 Å². The van der Waals surface area contributed by atoms with Crippen LogP contribution in [-0.2, 0) is 14.1 Å². The molecule has 3 N–H and O–H groups in total. The molecule has 0 spiro atoms. The van der Waals surface area contributed by atoms with Crippen molar-refractivity contribution in [2.75, 3.05) is 6.54 Å². The summed E-state index contributed by atoms with van der Waals surface area (Å²) in [7, 11) is 2.96. The first-order valence-corrected chi connectivity index (χ1v) is 8.39. The highest BCUT2D eigenvalue weighted by atomic mass is 16.2. The van der Waals surface area contributed by atoms with Gasteiger partial charge in [0.15, 0.2) is 0 Å². The monoisotopic (exact) mass is 345 g/mol. The fourth-order valence-corrected chi connectivity index (χ4v) is 3.59. The molecule has 8 nitrogen and oxygen atoms in total. The molecule has 0 bridgehead atoms. The molecule has 134 valence electrons. The quantitative estimate of drug-likeness (QED) is 0.809. The zero-order valence-corrected chi connectivity index (χ0v) is 14.8. The van der Waals surface area contributed by atoms with E-state index in [4.69, 9.17) is 5.73 Å². The largest absolute Gasteiger partial charge is 0.344 e. The normalized spacial score (nSPS) is 16.3. The van der Waals surface area contributed by atoms with Gasteiger partial charge < -0.3 is 11.1 Å². The predicted octanol–water partition coefficient (Wildman–Crippen LogP) is -0.0581. The van der Waals surface area contributed by atoms with E-state index in [-0.39, 0.29) is 22.8 Å². The second kappa shape index (κ2) is 6.11. The number of carbonyl (C=O) groups excluding carboxylic acids is 1. The molecule has 2 aromatic heterocycles. The van der Waals surface area contributed by atoms with Gasteiger partial charge in [-0.2, -0.15) is 0 Å². The van der Waals surface area contributed by atoms with E-state index in [1.807, 2.05) is 0 Å². The van der Waals surface area contributed by atoms with Crippen LogP contribution >= 0.6 is 0 Å². The van der Waals surface area contributed by atoms with Crippen molar-refractivity contribution in [2.45, 2.75) is 38.1 Å². The smallest absolute Gasteiger partial charge is 0.332 e. The first kappa shape index (κ1) is 17.3. The lowest BCUT2D eigenvalue weighted by molar-refractivity contribution is 0.0898. The van der Waals surface area contributed by atoms with Crippen molar-refractivity contribution < 1.29 is 4.79 Å². The van der Waals surface area contributed by atoms with Crippen LogP contribution in [0.2, 0.25) is 0 Å². The number of aromatic nitrogens is 3. The summed E-state index contributed by atoms with van der Waals surface area (Å²) >= 11 is 0. The standard InChI is InChI=1S/C17H23N5O3/c1-10-8-11(14(23)20-17(9-18)6-4-5-7-17)19-13-12(10)15(24)22(3)16(25)21(13)2/h8H,4-7,9,18H2,1-3H3,(H,20,23). The summed E-state index contributed by atoms with van der Waals surface area (Å²) in [5, 5.41) is 3.36. The first-order chi connectivity index (χ1) is 11.8. The summed E-state index contributed by atoms with van der Waals surface area (Å²) in [6, 6.07) is 1.59. The first-order valence-electron chi connectivity index (χ1n) is 8.39. The maximum absolute atomic E-state index is 12.7. The lowest BCUT2D eigenvalue weighted by atomic mass is 9.97. The van der Waals surface area contributed by atoms with Crippen LogP contribution in [0.25, 0.3) is 11.0 Å². The number of nitrogens with one attached hydrogen (secondary N) is 1. The molecule has 2 aromatic rings. The van der Waals surface area contributed by atoms with Gasteiger partial charge in [0.2, 0.25) is 0 Å². The summed E-state index contributed by atoms with van der Waals surface area (Å²) in [4.78, 5) is 41.5. The van der Waals surface area contributed by atoms with Crippen molar-refractivity contribution in [3.05, 3.63) is 38.2 Å². The number of rotatable bonds is 3. The zero-order valence-electron chi connectivity index (χ0n) is 14.8. The van der Waals surface area contributed by atoms with Crippen molar-refractivity contribution in [1.29, 1.82) is 0 Å². The van der Waals surface area contributed by atoms with E-state index in [9.17, 15) is 14.4 Å². The lowest BCUT2D eigenvalue weighted by Gasteiger charge is -2.28. The molecule has 3 rings (SSSR count). The van der Waals surface area contributed by atoms with Crippen molar-refractivity contribution in [3.8, 4) is 0 Å². The summed E-state index contributed by atoms with van der Waals surface area (Å²) in [6.45, 7) is 2.12. The minimum Gasteiger partial charge on any atom is -0.344 e. The van der Waals surface area contributed by atoms with Crippen LogP contribution in [0.1, 0.15) is 41.7 Å². The van der Waals surface area contributed by atoms with Gasteiger partial charge in [-0.25, -0.2) is 9.78 Å². The minimum atomic E-state index is -0.476. The topological polar surface area (TPSA) is 112 Å².